The summed E-state index contributed by atoms with van der Waals surface area (Å²) in [4.78, 5) is 11.9. The fourth-order valence-electron chi connectivity index (χ4n) is 2.43. The summed E-state index contributed by atoms with van der Waals surface area (Å²) in [7, 11) is 1.74. The minimum absolute atomic E-state index is 0.125. The second-order valence-corrected chi connectivity index (χ2v) is 4.09. The zero-order chi connectivity index (χ0) is 11.9. The number of nitrogens with one attached hydrogen (secondary N) is 1. The van der Waals surface area contributed by atoms with Gasteiger partial charge in [-0.15, -0.1) is 0 Å². The first-order valence-corrected chi connectivity index (χ1v) is 6.19. The molecular weight excluding hydrogens is 188 g/mol. The molecule has 1 atom stereocenters. The summed E-state index contributed by atoms with van der Waals surface area (Å²) in [5.74, 6) is 0.197. The molecule has 3 heteroatoms. The molecule has 90 valence electrons. The summed E-state index contributed by atoms with van der Waals surface area (Å²) >= 11 is 0. The van der Waals surface area contributed by atoms with Gasteiger partial charge in [-0.1, -0.05) is 6.92 Å². The van der Waals surface area contributed by atoms with Gasteiger partial charge in [-0.25, -0.2) is 0 Å². The molecule has 15 heavy (non-hydrogen) atoms. The number of likely N-dealkylation sites (N-methyl/N-ethyl adjacent to an activating group) is 2. The van der Waals surface area contributed by atoms with E-state index in [1.54, 1.807) is 7.05 Å². The first kappa shape index (κ1) is 14.4. The lowest BCUT2D eigenvalue weighted by atomic mass is 10.1. The third-order valence-corrected chi connectivity index (χ3v) is 3.66. The van der Waals surface area contributed by atoms with Gasteiger partial charge in [0.1, 0.15) is 0 Å². The molecule has 0 aliphatic heterocycles. The van der Waals surface area contributed by atoms with Crippen LogP contribution >= 0.6 is 0 Å². The lowest BCUT2D eigenvalue weighted by Gasteiger charge is -2.41. The molecule has 0 bridgehead atoms. The van der Waals surface area contributed by atoms with Crippen molar-refractivity contribution in [3.05, 3.63) is 0 Å². The van der Waals surface area contributed by atoms with Gasteiger partial charge in [0.25, 0.3) is 5.91 Å². The number of carbonyl (C=O) groups excluding carboxylic acids is 1. The van der Waals surface area contributed by atoms with E-state index in [0.717, 1.165) is 37.0 Å². The van der Waals surface area contributed by atoms with Crippen molar-refractivity contribution >= 4 is 5.91 Å². The van der Waals surface area contributed by atoms with Crippen LogP contribution in [-0.2, 0) is 4.79 Å². The fourth-order valence-corrected chi connectivity index (χ4v) is 2.43. The Balaban J connectivity index is 4.90. The average molecular weight is 215 g/mol. The van der Waals surface area contributed by atoms with Crippen molar-refractivity contribution in [2.45, 2.75) is 46.6 Å². The van der Waals surface area contributed by atoms with E-state index in [2.05, 4.69) is 33.0 Å². The molecule has 0 aromatic carbocycles. The number of amides is 1. The maximum atomic E-state index is 11.9. The second kappa shape index (κ2) is 6.83. The average Bonchev–Trinajstić information content (AvgIpc) is 2.29. The summed E-state index contributed by atoms with van der Waals surface area (Å²) in [5, 5.41) is 2.80. The molecule has 0 rings (SSSR count). The molecule has 0 saturated carbocycles. The quantitative estimate of drug-likeness (QED) is 0.644. The molecule has 0 aromatic heterocycles. The summed E-state index contributed by atoms with van der Waals surface area (Å²) in [5.41, 5.74) is 0. The van der Waals surface area contributed by atoms with Gasteiger partial charge in [-0.3, -0.25) is 4.79 Å². The lowest BCUT2D eigenvalue weighted by Crippen LogP contribution is -2.60. The minimum Gasteiger partial charge on any atom is -0.354 e. The third-order valence-electron chi connectivity index (χ3n) is 3.66. The largest absolute Gasteiger partial charge is 0.354 e. The molecule has 0 fully saturated rings. The van der Waals surface area contributed by atoms with Crippen LogP contribution in [0.4, 0.5) is 0 Å². The highest BCUT2D eigenvalue weighted by atomic mass is 16.2. The normalized spacial score (nSPS) is 13.7. The standard InChI is InChI=1S/C12H26N2O/c1-6-10-11(12(15)13-5)14(7-2,8-3)9-4/h11H,6-10H2,1-5H3/p+1. The van der Waals surface area contributed by atoms with E-state index < -0.39 is 0 Å². The molecule has 3 nitrogen and oxygen atoms in total. The monoisotopic (exact) mass is 215 g/mol. The van der Waals surface area contributed by atoms with Gasteiger partial charge >= 0.3 is 0 Å². The molecule has 0 aromatic rings. The van der Waals surface area contributed by atoms with Crippen LogP contribution < -0.4 is 5.32 Å². The van der Waals surface area contributed by atoms with Crippen LogP contribution in [0.1, 0.15) is 40.5 Å². The van der Waals surface area contributed by atoms with Gasteiger partial charge in [-0.2, -0.15) is 0 Å². The van der Waals surface area contributed by atoms with Crippen LogP contribution in [0.5, 0.6) is 0 Å². The van der Waals surface area contributed by atoms with Crippen molar-refractivity contribution in [3.8, 4) is 0 Å². The molecule has 1 unspecified atom stereocenters. The molecule has 0 aliphatic carbocycles. The Hall–Kier alpha value is -0.570. The number of rotatable bonds is 7. The summed E-state index contributed by atoms with van der Waals surface area (Å²) in [6.07, 6.45) is 2.05. The van der Waals surface area contributed by atoms with Crippen LogP contribution in [-0.4, -0.2) is 43.1 Å². The summed E-state index contributed by atoms with van der Waals surface area (Å²) in [6.45, 7) is 11.8. The van der Waals surface area contributed by atoms with Gasteiger partial charge < -0.3 is 9.80 Å². The molecular formula is C12H27N2O+. The minimum atomic E-state index is 0.125. The summed E-state index contributed by atoms with van der Waals surface area (Å²) in [6, 6.07) is 0.125. The number of hydrogen-bond donors (Lipinski definition) is 1. The summed E-state index contributed by atoms with van der Waals surface area (Å²) < 4.78 is 0.910. The SMILES string of the molecule is CCCC(C(=O)NC)[N+](CC)(CC)CC. The van der Waals surface area contributed by atoms with Gasteiger partial charge in [0.2, 0.25) is 0 Å². The third kappa shape index (κ3) is 3.20. The highest BCUT2D eigenvalue weighted by Gasteiger charge is 2.36. The second-order valence-electron chi connectivity index (χ2n) is 4.09. The van der Waals surface area contributed by atoms with Crippen molar-refractivity contribution < 1.29 is 9.28 Å². The maximum Gasteiger partial charge on any atom is 0.278 e. The van der Waals surface area contributed by atoms with E-state index in [-0.39, 0.29) is 11.9 Å². The predicted octanol–water partition coefficient (Wildman–Crippen LogP) is 1.78. The number of carbonyl (C=O) groups is 1. The molecule has 0 radical (unpaired) electrons. The number of quaternary nitrogens is 1. The topological polar surface area (TPSA) is 29.1 Å². The van der Waals surface area contributed by atoms with Crippen molar-refractivity contribution in [3.63, 3.8) is 0 Å². The van der Waals surface area contributed by atoms with Crippen LogP contribution in [0, 0.1) is 0 Å². The molecule has 0 spiro atoms. The van der Waals surface area contributed by atoms with Gasteiger partial charge in [0.05, 0.1) is 19.6 Å². The van der Waals surface area contributed by atoms with E-state index in [1.807, 2.05) is 0 Å². The van der Waals surface area contributed by atoms with Crippen LogP contribution in [0.15, 0.2) is 0 Å². The molecule has 0 saturated heterocycles. The van der Waals surface area contributed by atoms with Gasteiger partial charge in [-0.05, 0) is 27.2 Å². The van der Waals surface area contributed by atoms with Crippen LogP contribution in [0.3, 0.4) is 0 Å². The van der Waals surface area contributed by atoms with E-state index in [9.17, 15) is 4.79 Å². The Morgan fingerprint density at radius 3 is 1.87 bits per heavy atom. The molecule has 0 aliphatic rings. The Morgan fingerprint density at radius 2 is 1.60 bits per heavy atom. The lowest BCUT2D eigenvalue weighted by molar-refractivity contribution is -0.938. The zero-order valence-corrected chi connectivity index (χ0v) is 11.0. The highest BCUT2D eigenvalue weighted by Crippen LogP contribution is 2.18. The first-order chi connectivity index (χ1) is 7.11. The fraction of sp³-hybridized carbons (Fsp3) is 0.917. The van der Waals surface area contributed by atoms with E-state index in [4.69, 9.17) is 0 Å². The van der Waals surface area contributed by atoms with E-state index in [1.165, 1.54) is 0 Å². The van der Waals surface area contributed by atoms with Gasteiger partial charge in [0, 0.05) is 13.5 Å². The van der Waals surface area contributed by atoms with Crippen molar-refractivity contribution in [1.29, 1.82) is 0 Å². The highest BCUT2D eigenvalue weighted by molar-refractivity contribution is 5.80. The predicted molar refractivity (Wildman–Crippen MR) is 64.6 cm³/mol. The Morgan fingerprint density at radius 1 is 1.13 bits per heavy atom. The zero-order valence-electron chi connectivity index (χ0n) is 11.0. The first-order valence-electron chi connectivity index (χ1n) is 6.19. The van der Waals surface area contributed by atoms with Crippen molar-refractivity contribution in [2.24, 2.45) is 0 Å². The molecule has 0 heterocycles. The smallest absolute Gasteiger partial charge is 0.278 e. The maximum absolute atomic E-state index is 11.9. The van der Waals surface area contributed by atoms with Crippen molar-refractivity contribution in [2.75, 3.05) is 26.7 Å². The van der Waals surface area contributed by atoms with E-state index >= 15 is 0 Å². The Bertz CT molecular complexity index is 180. The van der Waals surface area contributed by atoms with Crippen molar-refractivity contribution in [1.82, 2.24) is 5.32 Å². The van der Waals surface area contributed by atoms with E-state index in [0.29, 0.717) is 0 Å². The van der Waals surface area contributed by atoms with Gasteiger partial charge in [0.15, 0.2) is 6.04 Å². The van der Waals surface area contributed by atoms with Crippen LogP contribution in [0.25, 0.3) is 0 Å². The number of nitrogens with zero attached hydrogens (tertiary/aromatic N) is 1. The Labute approximate surface area is 94.4 Å². The number of hydrogen-bond acceptors (Lipinski definition) is 1. The molecule has 1 N–H and O–H groups in total. The Kier molecular flexibility index (Phi) is 6.57. The molecule has 1 amide bonds. The van der Waals surface area contributed by atoms with Crippen LogP contribution in [0.2, 0.25) is 0 Å².